The minimum absolute atomic E-state index is 0.124. The molecule has 2 nitrogen and oxygen atoms in total. The van der Waals surface area contributed by atoms with E-state index in [9.17, 15) is 8.78 Å². The lowest BCUT2D eigenvalue weighted by Gasteiger charge is -1.98. The van der Waals surface area contributed by atoms with Crippen molar-refractivity contribution in [3.63, 3.8) is 0 Å². The molecule has 0 aliphatic heterocycles. The Morgan fingerprint density at radius 1 is 1.24 bits per heavy atom. The summed E-state index contributed by atoms with van der Waals surface area (Å²) in [5.41, 5.74) is 0.893. The average Bonchev–Trinajstić information content (AvgIpc) is 2.69. The van der Waals surface area contributed by atoms with Crippen LogP contribution in [0.2, 0.25) is 5.02 Å². The molecule has 86 valence electrons. The Morgan fingerprint density at radius 2 is 2.00 bits per heavy atom. The Balaban J connectivity index is 2.65. The predicted molar refractivity (Wildman–Crippen MR) is 66.2 cm³/mol. The molecular formula is C11H4BrClF2N2. The molecule has 0 unspecified atom stereocenters. The highest BCUT2D eigenvalue weighted by molar-refractivity contribution is 9.10. The van der Waals surface area contributed by atoms with E-state index >= 15 is 0 Å². The number of hydrogen-bond acceptors (Lipinski definition) is 1. The number of nitrogens with zero attached hydrogens (tertiary/aromatic N) is 1. The van der Waals surface area contributed by atoms with Gasteiger partial charge in [0.1, 0.15) is 5.65 Å². The van der Waals surface area contributed by atoms with Crippen LogP contribution in [0.3, 0.4) is 0 Å². The van der Waals surface area contributed by atoms with Gasteiger partial charge >= 0.3 is 0 Å². The minimum atomic E-state index is -0.921. The molecule has 0 spiro atoms. The number of nitrogens with one attached hydrogen (secondary N) is 1. The summed E-state index contributed by atoms with van der Waals surface area (Å²) < 4.78 is 27.5. The summed E-state index contributed by atoms with van der Waals surface area (Å²) in [6.45, 7) is 0. The second-order valence-electron chi connectivity index (χ2n) is 3.55. The van der Waals surface area contributed by atoms with Crippen LogP contribution in [0.5, 0.6) is 0 Å². The van der Waals surface area contributed by atoms with Crippen molar-refractivity contribution in [3.8, 4) is 0 Å². The zero-order chi connectivity index (χ0) is 12.2. The van der Waals surface area contributed by atoms with Crippen molar-refractivity contribution >= 4 is 49.5 Å². The van der Waals surface area contributed by atoms with Crippen LogP contribution < -0.4 is 0 Å². The fourth-order valence-corrected chi connectivity index (χ4v) is 2.35. The summed E-state index contributed by atoms with van der Waals surface area (Å²) >= 11 is 9.28. The lowest BCUT2D eigenvalue weighted by Crippen LogP contribution is -1.84. The van der Waals surface area contributed by atoms with Gasteiger partial charge in [-0.1, -0.05) is 11.6 Å². The fourth-order valence-electron chi connectivity index (χ4n) is 1.82. The van der Waals surface area contributed by atoms with Gasteiger partial charge in [-0.15, -0.1) is 0 Å². The third kappa shape index (κ3) is 1.46. The highest BCUT2D eigenvalue weighted by Gasteiger charge is 2.17. The van der Waals surface area contributed by atoms with Crippen molar-refractivity contribution in [1.29, 1.82) is 0 Å². The van der Waals surface area contributed by atoms with Crippen molar-refractivity contribution < 1.29 is 8.78 Å². The van der Waals surface area contributed by atoms with Gasteiger partial charge in [-0.05, 0) is 28.1 Å². The number of fused-ring (bicyclic) bond motifs is 3. The van der Waals surface area contributed by atoms with Crippen LogP contribution in [0, 0.1) is 11.6 Å². The van der Waals surface area contributed by atoms with Crippen molar-refractivity contribution in [2.45, 2.75) is 0 Å². The third-order valence-corrected chi connectivity index (χ3v) is 3.79. The molecular weight excluding hydrogens is 313 g/mol. The third-order valence-electron chi connectivity index (χ3n) is 2.57. The second kappa shape index (κ2) is 3.65. The molecule has 2 aromatic heterocycles. The molecule has 3 rings (SSSR count). The normalized spacial score (nSPS) is 11.5. The number of aromatic nitrogens is 2. The second-order valence-corrected chi connectivity index (χ2v) is 4.78. The summed E-state index contributed by atoms with van der Waals surface area (Å²) in [6.07, 6.45) is 1.51. The van der Waals surface area contributed by atoms with Crippen LogP contribution in [-0.4, -0.2) is 9.97 Å². The van der Waals surface area contributed by atoms with Crippen LogP contribution in [0.4, 0.5) is 8.78 Å². The van der Waals surface area contributed by atoms with E-state index in [2.05, 4.69) is 25.9 Å². The number of pyridine rings is 1. The first kappa shape index (κ1) is 10.9. The van der Waals surface area contributed by atoms with E-state index in [1.807, 2.05) is 0 Å². The number of hydrogen-bond donors (Lipinski definition) is 1. The summed E-state index contributed by atoms with van der Waals surface area (Å²) in [5, 5.41) is 0.817. The molecule has 0 radical (unpaired) electrons. The number of halogens is 4. The van der Waals surface area contributed by atoms with Gasteiger partial charge in [0.2, 0.25) is 0 Å². The summed E-state index contributed by atoms with van der Waals surface area (Å²) in [4.78, 5) is 6.96. The molecule has 0 saturated heterocycles. The standard InChI is InChI=1S/C11H4BrClF2N2/c12-4-3-16-11-8(9(4)13)7-6(17-11)2-1-5(14)10(7)15/h1-3H,(H,16,17). The molecule has 2 heterocycles. The topological polar surface area (TPSA) is 28.7 Å². The largest absolute Gasteiger partial charge is 0.339 e. The molecule has 17 heavy (non-hydrogen) atoms. The van der Waals surface area contributed by atoms with Crippen molar-refractivity contribution in [2.75, 3.05) is 0 Å². The maximum absolute atomic E-state index is 13.8. The Morgan fingerprint density at radius 3 is 2.76 bits per heavy atom. The van der Waals surface area contributed by atoms with Crippen molar-refractivity contribution in [1.82, 2.24) is 9.97 Å². The molecule has 1 N–H and O–H groups in total. The van der Waals surface area contributed by atoms with Gasteiger partial charge in [-0.25, -0.2) is 13.8 Å². The average molecular weight is 318 g/mol. The number of rotatable bonds is 0. The summed E-state index contributed by atoms with van der Waals surface area (Å²) in [6, 6.07) is 2.52. The van der Waals surface area contributed by atoms with E-state index in [1.165, 1.54) is 12.3 Å². The Hall–Kier alpha value is -1.20. The minimum Gasteiger partial charge on any atom is -0.339 e. The van der Waals surface area contributed by atoms with Crippen molar-refractivity contribution in [2.24, 2.45) is 0 Å². The molecule has 3 aromatic rings. The van der Waals surface area contributed by atoms with E-state index < -0.39 is 11.6 Å². The first-order valence-corrected chi connectivity index (χ1v) is 5.86. The first-order chi connectivity index (χ1) is 8.09. The van der Waals surface area contributed by atoms with Gasteiger partial charge in [0.05, 0.1) is 15.0 Å². The lowest BCUT2D eigenvalue weighted by molar-refractivity contribution is 0.517. The van der Waals surface area contributed by atoms with Gasteiger partial charge in [-0.2, -0.15) is 0 Å². The number of H-pyrrole nitrogens is 1. The molecule has 0 amide bonds. The Labute approximate surface area is 108 Å². The van der Waals surface area contributed by atoms with Gasteiger partial charge in [0.25, 0.3) is 0 Å². The molecule has 0 aliphatic rings. The fraction of sp³-hybridized carbons (Fsp3) is 0. The van der Waals surface area contributed by atoms with Gasteiger partial charge in [-0.3, -0.25) is 0 Å². The van der Waals surface area contributed by atoms with E-state index in [4.69, 9.17) is 11.6 Å². The highest BCUT2D eigenvalue weighted by Crippen LogP contribution is 2.36. The van der Waals surface area contributed by atoms with Crippen LogP contribution in [-0.2, 0) is 0 Å². The molecule has 0 atom stereocenters. The van der Waals surface area contributed by atoms with E-state index in [-0.39, 0.29) is 5.39 Å². The molecule has 0 aliphatic carbocycles. The van der Waals surface area contributed by atoms with E-state index in [1.54, 1.807) is 0 Å². The maximum atomic E-state index is 13.8. The maximum Gasteiger partial charge on any atom is 0.168 e. The Bertz CT molecular complexity index is 692. The molecule has 0 fully saturated rings. The SMILES string of the molecule is Fc1ccc2[nH]c3ncc(Br)c(Cl)c3c2c1F. The molecule has 6 heteroatoms. The summed E-state index contributed by atoms with van der Waals surface area (Å²) in [7, 11) is 0. The van der Waals surface area contributed by atoms with Crippen LogP contribution >= 0.6 is 27.5 Å². The first-order valence-electron chi connectivity index (χ1n) is 4.69. The summed E-state index contributed by atoms with van der Waals surface area (Å²) in [5.74, 6) is -1.83. The Kier molecular flexibility index (Phi) is 2.34. The van der Waals surface area contributed by atoms with Gasteiger partial charge in [0.15, 0.2) is 11.6 Å². The van der Waals surface area contributed by atoms with Crippen LogP contribution in [0.25, 0.3) is 21.9 Å². The molecule has 0 bridgehead atoms. The van der Waals surface area contributed by atoms with Crippen molar-refractivity contribution in [3.05, 3.63) is 39.5 Å². The van der Waals surface area contributed by atoms with Gasteiger partial charge in [0, 0.05) is 17.0 Å². The number of benzene rings is 1. The predicted octanol–water partition coefficient (Wildman–Crippen LogP) is 4.41. The lowest BCUT2D eigenvalue weighted by atomic mass is 10.2. The number of aromatic amines is 1. The molecule has 1 aromatic carbocycles. The zero-order valence-electron chi connectivity index (χ0n) is 8.19. The van der Waals surface area contributed by atoms with Crippen LogP contribution in [0.1, 0.15) is 0 Å². The van der Waals surface area contributed by atoms with E-state index in [0.717, 1.165) is 6.07 Å². The zero-order valence-corrected chi connectivity index (χ0v) is 10.5. The smallest absolute Gasteiger partial charge is 0.168 e. The van der Waals surface area contributed by atoms with Gasteiger partial charge < -0.3 is 4.98 Å². The van der Waals surface area contributed by atoms with E-state index in [0.29, 0.717) is 26.0 Å². The monoisotopic (exact) mass is 316 g/mol. The highest BCUT2D eigenvalue weighted by atomic mass is 79.9. The van der Waals surface area contributed by atoms with Crippen LogP contribution in [0.15, 0.2) is 22.8 Å². The quantitative estimate of drug-likeness (QED) is 0.653. The molecule has 0 saturated carbocycles.